The molecule has 1 fully saturated rings. The van der Waals surface area contributed by atoms with Gasteiger partial charge in [0.05, 0.1) is 0 Å². The smallest absolute Gasteiger partial charge is 0.305 e. The summed E-state index contributed by atoms with van der Waals surface area (Å²) in [5.74, 6) is -0.0492. The molecule has 0 radical (unpaired) electrons. The van der Waals surface area contributed by atoms with Gasteiger partial charge in [0, 0.05) is 6.42 Å². The zero-order valence-corrected chi connectivity index (χ0v) is 8.88. The van der Waals surface area contributed by atoms with E-state index in [1.807, 2.05) is 6.92 Å². The summed E-state index contributed by atoms with van der Waals surface area (Å²) >= 11 is 0. The molecule has 0 spiro atoms. The van der Waals surface area contributed by atoms with Crippen LogP contribution in [0, 0.1) is 0 Å². The largest absolute Gasteiger partial charge is 0.462 e. The van der Waals surface area contributed by atoms with Crippen LogP contribution in [0.3, 0.4) is 0 Å². The molecule has 0 aromatic carbocycles. The Balaban J connectivity index is 0. The van der Waals surface area contributed by atoms with Crippen LogP contribution in [-0.4, -0.2) is 12.1 Å². The van der Waals surface area contributed by atoms with E-state index in [2.05, 4.69) is 0 Å². The standard InChI is InChI=1S/C8H14O2.2ClH/c1-2-8(9)10-7-5-3-4-6-7;;/h7H,2-6H2,1H3;2*1H. The number of hydrogen-bond acceptors (Lipinski definition) is 2. The molecule has 74 valence electrons. The van der Waals surface area contributed by atoms with Gasteiger partial charge in [0.15, 0.2) is 0 Å². The van der Waals surface area contributed by atoms with Crippen LogP contribution in [0.2, 0.25) is 0 Å². The van der Waals surface area contributed by atoms with Gasteiger partial charge < -0.3 is 4.74 Å². The Morgan fingerprint density at radius 2 is 1.83 bits per heavy atom. The number of halogens is 2. The molecule has 0 aromatic rings. The third-order valence-electron chi connectivity index (χ3n) is 1.89. The van der Waals surface area contributed by atoms with Crippen LogP contribution in [-0.2, 0) is 9.53 Å². The fourth-order valence-corrected chi connectivity index (χ4v) is 1.28. The topological polar surface area (TPSA) is 26.3 Å². The SMILES string of the molecule is CCC(=O)OC1CCCC1.Cl.Cl. The van der Waals surface area contributed by atoms with Crippen LogP contribution in [0.5, 0.6) is 0 Å². The third-order valence-corrected chi connectivity index (χ3v) is 1.89. The van der Waals surface area contributed by atoms with Crippen molar-refractivity contribution in [3.63, 3.8) is 0 Å². The lowest BCUT2D eigenvalue weighted by atomic mass is 10.3. The highest BCUT2D eigenvalue weighted by molar-refractivity contribution is 5.85. The first-order valence-corrected chi connectivity index (χ1v) is 4.02. The van der Waals surface area contributed by atoms with E-state index < -0.39 is 0 Å². The van der Waals surface area contributed by atoms with E-state index in [4.69, 9.17) is 4.74 Å². The molecule has 0 bridgehead atoms. The zero-order valence-electron chi connectivity index (χ0n) is 7.25. The minimum atomic E-state index is -0.0492. The maximum Gasteiger partial charge on any atom is 0.305 e. The van der Waals surface area contributed by atoms with Crippen LogP contribution in [0.25, 0.3) is 0 Å². The summed E-state index contributed by atoms with van der Waals surface area (Å²) in [7, 11) is 0. The Hall–Kier alpha value is 0.0500. The first-order valence-electron chi connectivity index (χ1n) is 4.02. The highest BCUT2D eigenvalue weighted by Crippen LogP contribution is 2.21. The molecule has 12 heavy (non-hydrogen) atoms. The number of rotatable bonds is 2. The van der Waals surface area contributed by atoms with Crippen molar-refractivity contribution in [3.05, 3.63) is 0 Å². The lowest BCUT2D eigenvalue weighted by Gasteiger charge is -2.09. The molecule has 0 saturated heterocycles. The second kappa shape index (κ2) is 7.69. The number of hydrogen-bond donors (Lipinski definition) is 0. The predicted octanol–water partition coefficient (Wildman–Crippen LogP) is 2.73. The molecule has 0 unspecified atom stereocenters. The molecule has 1 aliphatic rings. The van der Waals surface area contributed by atoms with Gasteiger partial charge in [-0.2, -0.15) is 0 Å². The molecule has 0 aromatic heterocycles. The van der Waals surface area contributed by atoms with E-state index in [1.165, 1.54) is 12.8 Å². The molecule has 0 aliphatic heterocycles. The summed E-state index contributed by atoms with van der Waals surface area (Å²) in [6, 6.07) is 0. The lowest BCUT2D eigenvalue weighted by molar-refractivity contribution is -0.148. The normalized spacial score (nSPS) is 16.1. The first kappa shape index (κ1) is 14.6. The fraction of sp³-hybridized carbons (Fsp3) is 0.875. The summed E-state index contributed by atoms with van der Waals surface area (Å²) in [6.07, 6.45) is 5.35. The highest BCUT2D eigenvalue weighted by Gasteiger charge is 2.17. The molecule has 1 aliphatic carbocycles. The first-order chi connectivity index (χ1) is 4.83. The zero-order chi connectivity index (χ0) is 7.40. The van der Waals surface area contributed by atoms with Crippen LogP contribution in [0.4, 0.5) is 0 Å². The van der Waals surface area contributed by atoms with Crippen molar-refractivity contribution in [2.45, 2.75) is 45.1 Å². The van der Waals surface area contributed by atoms with Gasteiger partial charge >= 0.3 is 5.97 Å². The van der Waals surface area contributed by atoms with E-state index in [9.17, 15) is 4.79 Å². The van der Waals surface area contributed by atoms with Crippen molar-refractivity contribution in [2.24, 2.45) is 0 Å². The van der Waals surface area contributed by atoms with Crippen LogP contribution >= 0.6 is 24.8 Å². The average Bonchev–Trinajstić information content (AvgIpc) is 2.40. The molecule has 0 N–H and O–H groups in total. The Kier molecular flexibility index (Phi) is 9.33. The molecule has 4 heteroatoms. The molecular weight excluding hydrogens is 199 g/mol. The Morgan fingerprint density at radius 3 is 2.25 bits per heavy atom. The molecule has 2 nitrogen and oxygen atoms in total. The van der Waals surface area contributed by atoms with Crippen molar-refractivity contribution in [1.29, 1.82) is 0 Å². The van der Waals surface area contributed by atoms with Gasteiger partial charge in [-0.15, -0.1) is 24.8 Å². The summed E-state index contributed by atoms with van der Waals surface area (Å²) in [4.78, 5) is 10.7. The molecule has 1 saturated carbocycles. The summed E-state index contributed by atoms with van der Waals surface area (Å²) in [6.45, 7) is 1.83. The monoisotopic (exact) mass is 214 g/mol. The van der Waals surface area contributed by atoms with Crippen LogP contribution in [0.1, 0.15) is 39.0 Å². The summed E-state index contributed by atoms with van der Waals surface area (Å²) in [5, 5.41) is 0. The molecule has 0 amide bonds. The van der Waals surface area contributed by atoms with Gasteiger partial charge in [-0.25, -0.2) is 0 Å². The summed E-state index contributed by atoms with van der Waals surface area (Å²) < 4.78 is 5.12. The van der Waals surface area contributed by atoms with Crippen LogP contribution in [0.15, 0.2) is 0 Å². The quantitative estimate of drug-likeness (QED) is 0.662. The van der Waals surface area contributed by atoms with E-state index in [0.717, 1.165) is 12.8 Å². The molecular formula is C8H16Cl2O2. The number of carbonyl (C=O) groups is 1. The lowest BCUT2D eigenvalue weighted by Crippen LogP contribution is -2.13. The minimum absolute atomic E-state index is 0. The van der Waals surface area contributed by atoms with Crippen molar-refractivity contribution in [2.75, 3.05) is 0 Å². The average molecular weight is 215 g/mol. The third kappa shape index (κ3) is 4.83. The van der Waals surface area contributed by atoms with Gasteiger partial charge in [-0.3, -0.25) is 4.79 Å². The van der Waals surface area contributed by atoms with Crippen LogP contribution < -0.4 is 0 Å². The minimum Gasteiger partial charge on any atom is -0.462 e. The number of carbonyl (C=O) groups excluding carboxylic acids is 1. The number of ether oxygens (including phenoxy) is 1. The van der Waals surface area contributed by atoms with E-state index >= 15 is 0 Å². The Morgan fingerprint density at radius 1 is 1.33 bits per heavy atom. The van der Waals surface area contributed by atoms with Gasteiger partial charge in [0.1, 0.15) is 6.10 Å². The van der Waals surface area contributed by atoms with Gasteiger partial charge in [0.2, 0.25) is 0 Å². The van der Waals surface area contributed by atoms with Crippen molar-refractivity contribution >= 4 is 30.8 Å². The maximum absolute atomic E-state index is 10.7. The van der Waals surface area contributed by atoms with Crippen molar-refractivity contribution < 1.29 is 9.53 Å². The Labute approximate surface area is 85.9 Å². The maximum atomic E-state index is 10.7. The summed E-state index contributed by atoms with van der Waals surface area (Å²) in [5.41, 5.74) is 0. The van der Waals surface area contributed by atoms with Gasteiger partial charge in [-0.1, -0.05) is 6.92 Å². The van der Waals surface area contributed by atoms with Crippen molar-refractivity contribution in [3.8, 4) is 0 Å². The van der Waals surface area contributed by atoms with Gasteiger partial charge in [0.25, 0.3) is 0 Å². The second-order valence-electron chi connectivity index (χ2n) is 2.75. The number of esters is 1. The van der Waals surface area contributed by atoms with Gasteiger partial charge in [-0.05, 0) is 25.7 Å². The van der Waals surface area contributed by atoms with E-state index in [-0.39, 0.29) is 36.9 Å². The molecule has 1 rings (SSSR count). The Bertz CT molecular complexity index is 122. The van der Waals surface area contributed by atoms with E-state index in [0.29, 0.717) is 6.42 Å². The predicted molar refractivity (Wildman–Crippen MR) is 53.1 cm³/mol. The fourth-order valence-electron chi connectivity index (χ4n) is 1.28. The highest BCUT2D eigenvalue weighted by atomic mass is 35.5. The molecule has 0 heterocycles. The van der Waals surface area contributed by atoms with Crippen molar-refractivity contribution in [1.82, 2.24) is 0 Å². The molecule has 0 atom stereocenters. The second-order valence-corrected chi connectivity index (χ2v) is 2.75. The van der Waals surface area contributed by atoms with E-state index in [1.54, 1.807) is 0 Å².